The summed E-state index contributed by atoms with van der Waals surface area (Å²) < 4.78 is 10.6. The molecule has 0 saturated carbocycles. The highest BCUT2D eigenvalue weighted by Gasteiger charge is 2.22. The van der Waals surface area contributed by atoms with Gasteiger partial charge in [0.25, 0.3) is 0 Å². The molecule has 18 heavy (non-hydrogen) atoms. The molecule has 0 aromatic heterocycles. The second-order valence-electron chi connectivity index (χ2n) is 4.42. The van der Waals surface area contributed by atoms with Gasteiger partial charge < -0.3 is 9.47 Å². The van der Waals surface area contributed by atoms with E-state index in [0.717, 1.165) is 24.3 Å². The Morgan fingerprint density at radius 2 is 2.00 bits per heavy atom. The molecule has 0 amide bonds. The Morgan fingerprint density at radius 3 is 2.67 bits per heavy atom. The molecule has 0 bridgehead atoms. The fourth-order valence-electron chi connectivity index (χ4n) is 2.42. The molecule has 0 aliphatic heterocycles. The van der Waals surface area contributed by atoms with Gasteiger partial charge in [-0.05, 0) is 30.5 Å². The van der Waals surface area contributed by atoms with Crippen LogP contribution in [0.3, 0.4) is 0 Å². The van der Waals surface area contributed by atoms with E-state index in [-0.39, 0.29) is 11.8 Å². The van der Waals surface area contributed by atoms with Crippen LogP contribution in [-0.4, -0.2) is 14.2 Å². The van der Waals surface area contributed by atoms with Gasteiger partial charge in [0.15, 0.2) is 11.5 Å². The van der Waals surface area contributed by atoms with Gasteiger partial charge in [0.2, 0.25) is 0 Å². The van der Waals surface area contributed by atoms with Gasteiger partial charge in [-0.2, -0.15) is 0 Å². The Bertz CT molecular complexity index is 482. The van der Waals surface area contributed by atoms with Crippen LogP contribution < -0.4 is 9.47 Å². The highest BCUT2D eigenvalue weighted by atomic mass is 16.5. The van der Waals surface area contributed by atoms with Gasteiger partial charge in [0.05, 0.1) is 14.2 Å². The largest absolute Gasteiger partial charge is 0.493 e. The Hall–Kier alpha value is -1.88. The lowest BCUT2D eigenvalue weighted by Crippen LogP contribution is -2.12. The minimum Gasteiger partial charge on any atom is -0.493 e. The average molecular weight is 242 g/mol. The first kappa shape index (κ1) is 12.6. The predicted octanol–water partition coefficient (Wildman–Crippen LogP) is 3.39. The molecule has 0 spiro atoms. The van der Waals surface area contributed by atoms with E-state index in [0.29, 0.717) is 0 Å². The molecule has 1 aliphatic rings. The minimum atomic E-state index is 0.271. The lowest BCUT2D eigenvalue weighted by atomic mass is 9.80. The molecule has 2 heteroatoms. The number of allylic oxidation sites excluding steroid dienone is 2. The van der Waals surface area contributed by atoms with E-state index >= 15 is 0 Å². The fourth-order valence-corrected chi connectivity index (χ4v) is 2.42. The monoisotopic (exact) mass is 242 g/mol. The van der Waals surface area contributed by atoms with Crippen LogP contribution >= 0.6 is 0 Å². The molecule has 1 aromatic carbocycles. The smallest absolute Gasteiger partial charge is 0.161 e. The molecule has 2 rings (SSSR count). The van der Waals surface area contributed by atoms with Crippen molar-refractivity contribution in [1.82, 2.24) is 0 Å². The number of benzene rings is 1. The molecule has 1 aliphatic carbocycles. The van der Waals surface area contributed by atoms with E-state index in [1.165, 1.54) is 5.56 Å². The van der Waals surface area contributed by atoms with Crippen molar-refractivity contribution in [2.75, 3.05) is 14.2 Å². The van der Waals surface area contributed by atoms with E-state index in [9.17, 15) is 0 Å². The van der Waals surface area contributed by atoms with Crippen LogP contribution in [0.2, 0.25) is 0 Å². The molecular formula is C16H18O2. The third kappa shape index (κ3) is 2.36. The quantitative estimate of drug-likeness (QED) is 0.597. The van der Waals surface area contributed by atoms with Crippen LogP contribution in [0, 0.1) is 18.3 Å². The number of hydrogen-bond donors (Lipinski definition) is 0. The Kier molecular flexibility index (Phi) is 3.94. The number of methoxy groups -OCH3 is 2. The molecule has 0 radical (unpaired) electrons. The van der Waals surface area contributed by atoms with Gasteiger partial charge in [-0.15, -0.1) is 12.3 Å². The summed E-state index contributed by atoms with van der Waals surface area (Å²) in [5, 5.41) is 0. The van der Waals surface area contributed by atoms with Crippen LogP contribution in [0.15, 0.2) is 30.4 Å². The van der Waals surface area contributed by atoms with E-state index in [2.05, 4.69) is 24.1 Å². The van der Waals surface area contributed by atoms with Gasteiger partial charge in [0.1, 0.15) is 0 Å². The summed E-state index contributed by atoms with van der Waals surface area (Å²) >= 11 is 0. The van der Waals surface area contributed by atoms with Crippen LogP contribution in [0.4, 0.5) is 0 Å². The van der Waals surface area contributed by atoms with Gasteiger partial charge in [-0.1, -0.05) is 18.2 Å². The first-order valence-electron chi connectivity index (χ1n) is 6.15. The second-order valence-corrected chi connectivity index (χ2v) is 4.42. The van der Waals surface area contributed by atoms with Crippen LogP contribution in [-0.2, 0) is 0 Å². The number of terminal acetylenes is 1. The van der Waals surface area contributed by atoms with Crippen molar-refractivity contribution >= 4 is 0 Å². The SMILES string of the molecule is C#C[C@H]1CCC=C[C@@H]1c1ccc(OC)c(OC)c1. The first-order chi connectivity index (χ1) is 8.80. The lowest BCUT2D eigenvalue weighted by molar-refractivity contribution is 0.354. The molecule has 2 atom stereocenters. The Balaban J connectivity index is 2.36. The summed E-state index contributed by atoms with van der Waals surface area (Å²) in [7, 11) is 3.29. The van der Waals surface area contributed by atoms with Crippen LogP contribution in [0.5, 0.6) is 11.5 Å². The molecule has 0 N–H and O–H groups in total. The van der Waals surface area contributed by atoms with E-state index in [1.54, 1.807) is 14.2 Å². The second kappa shape index (κ2) is 5.64. The van der Waals surface area contributed by atoms with E-state index in [4.69, 9.17) is 15.9 Å². The molecule has 2 nitrogen and oxygen atoms in total. The van der Waals surface area contributed by atoms with Crippen LogP contribution in [0.25, 0.3) is 0 Å². The van der Waals surface area contributed by atoms with Crippen molar-refractivity contribution in [3.8, 4) is 23.8 Å². The lowest BCUT2D eigenvalue weighted by Gasteiger charge is -2.24. The molecular weight excluding hydrogens is 224 g/mol. The predicted molar refractivity (Wildman–Crippen MR) is 73.0 cm³/mol. The number of rotatable bonds is 3. The van der Waals surface area contributed by atoms with Gasteiger partial charge in [-0.25, -0.2) is 0 Å². The Labute approximate surface area is 109 Å². The minimum absolute atomic E-state index is 0.271. The van der Waals surface area contributed by atoms with E-state index < -0.39 is 0 Å². The highest BCUT2D eigenvalue weighted by Crippen LogP contribution is 2.37. The summed E-state index contributed by atoms with van der Waals surface area (Å²) in [6.07, 6.45) is 12.1. The number of hydrogen-bond acceptors (Lipinski definition) is 2. The van der Waals surface area contributed by atoms with Crippen molar-refractivity contribution in [2.45, 2.75) is 18.8 Å². The first-order valence-corrected chi connectivity index (χ1v) is 6.15. The Morgan fingerprint density at radius 1 is 1.22 bits per heavy atom. The molecule has 0 fully saturated rings. The van der Waals surface area contributed by atoms with Gasteiger partial charge in [-0.3, -0.25) is 0 Å². The van der Waals surface area contributed by atoms with Crippen molar-refractivity contribution in [2.24, 2.45) is 5.92 Å². The maximum absolute atomic E-state index is 5.62. The summed E-state index contributed by atoms with van der Waals surface area (Å²) in [5.41, 5.74) is 1.19. The molecule has 94 valence electrons. The average Bonchev–Trinajstić information content (AvgIpc) is 2.46. The zero-order valence-corrected chi connectivity index (χ0v) is 10.8. The summed E-state index contributed by atoms with van der Waals surface area (Å²) in [6.45, 7) is 0. The summed E-state index contributed by atoms with van der Waals surface area (Å²) in [4.78, 5) is 0. The van der Waals surface area contributed by atoms with Crippen molar-refractivity contribution in [3.63, 3.8) is 0 Å². The maximum Gasteiger partial charge on any atom is 0.161 e. The van der Waals surface area contributed by atoms with E-state index in [1.807, 2.05) is 12.1 Å². The van der Waals surface area contributed by atoms with Crippen LogP contribution in [0.1, 0.15) is 24.3 Å². The number of ether oxygens (including phenoxy) is 2. The summed E-state index contributed by atoms with van der Waals surface area (Å²) in [6, 6.07) is 6.01. The van der Waals surface area contributed by atoms with Crippen molar-refractivity contribution in [3.05, 3.63) is 35.9 Å². The molecule has 0 saturated heterocycles. The zero-order valence-electron chi connectivity index (χ0n) is 10.8. The molecule has 1 aromatic rings. The topological polar surface area (TPSA) is 18.5 Å². The third-order valence-electron chi connectivity index (χ3n) is 3.43. The fraction of sp³-hybridized carbons (Fsp3) is 0.375. The summed E-state index contributed by atoms with van der Waals surface area (Å²) in [5.74, 6) is 4.95. The highest BCUT2D eigenvalue weighted by molar-refractivity contribution is 5.45. The normalized spacial score (nSPS) is 22.3. The van der Waals surface area contributed by atoms with Gasteiger partial charge in [0, 0.05) is 11.8 Å². The maximum atomic E-state index is 5.62. The third-order valence-corrected chi connectivity index (χ3v) is 3.43. The zero-order chi connectivity index (χ0) is 13.0. The molecule has 0 unspecified atom stereocenters. The van der Waals surface area contributed by atoms with Crippen molar-refractivity contribution in [1.29, 1.82) is 0 Å². The molecule has 0 heterocycles. The van der Waals surface area contributed by atoms with Crippen molar-refractivity contribution < 1.29 is 9.47 Å². The van der Waals surface area contributed by atoms with Gasteiger partial charge >= 0.3 is 0 Å². The standard InChI is InChI=1S/C16H18O2/c1-4-12-7-5-6-8-14(12)13-9-10-15(17-2)16(11-13)18-3/h1,6,8-12,14H,5,7H2,2-3H3/t12-,14-/m0/s1.